The smallest absolute Gasteiger partial charge is 0.129 e. The summed E-state index contributed by atoms with van der Waals surface area (Å²) in [7, 11) is 0. The highest BCUT2D eigenvalue weighted by Crippen LogP contribution is 2.21. The Morgan fingerprint density at radius 2 is 2.06 bits per heavy atom. The Kier molecular flexibility index (Phi) is 4.20. The van der Waals surface area contributed by atoms with Crippen LogP contribution >= 0.6 is 11.6 Å². The number of hydrogen-bond donors (Lipinski definition) is 1. The van der Waals surface area contributed by atoms with E-state index >= 15 is 0 Å². The molecule has 1 fully saturated rings. The number of aliphatic hydroxyl groups is 1. The lowest BCUT2D eigenvalue weighted by atomic mass is 10.2. The van der Waals surface area contributed by atoms with Crippen molar-refractivity contribution in [3.05, 3.63) is 22.8 Å². The zero-order valence-corrected chi connectivity index (χ0v) is 10.8. The van der Waals surface area contributed by atoms with Crippen LogP contribution in [0.3, 0.4) is 0 Å². The third-order valence-corrected chi connectivity index (χ3v) is 3.57. The highest BCUT2D eigenvalue weighted by atomic mass is 35.5. The molecule has 2 rings (SSSR count). The highest BCUT2D eigenvalue weighted by Gasteiger charge is 2.17. The van der Waals surface area contributed by atoms with Crippen LogP contribution in [0.25, 0.3) is 0 Å². The fourth-order valence-corrected chi connectivity index (χ4v) is 2.22. The van der Waals surface area contributed by atoms with Gasteiger partial charge in [-0.1, -0.05) is 18.5 Å². The molecule has 0 bridgehead atoms. The molecule has 0 unspecified atom stereocenters. The monoisotopic (exact) mass is 255 g/mol. The van der Waals surface area contributed by atoms with Gasteiger partial charge in [0.25, 0.3) is 0 Å². The van der Waals surface area contributed by atoms with Gasteiger partial charge in [-0.15, -0.1) is 0 Å². The van der Waals surface area contributed by atoms with Crippen molar-refractivity contribution in [3.8, 4) is 0 Å². The molecule has 0 amide bonds. The summed E-state index contributed by atoms with van der Waals surface area (Å²) >= 11 is 5.93. The maximum Gasteiger partial charge on any atom is 0.129 e. The number of halogens is 1. The van der Waals surface area contributed by atoms with E-state index in [2.05, 4.69) is 21.7 Å². The van der Waals surface area contributed by atoms with Crippen LogP contribution in [0.5, 0.6) is 0 Å². The fraction of sp³-hybridized carbons (Fsp3) is 0.583. The molecule has 0 aliphatic carbocycles. The molecule has 0 aromatic carbocycles. The summed E-state index contributed by atoms with van der Waals surface area (Å²) in [6.07, 6.45) is 1.62. The first-order valence-corrected chi connectivity index (χ1v) is 6.35. The topological polar surface area (TPSA) is 39.6 Å². The SMILES string of the molecule is CCN1CCN(c2cc(CO)c(Cl)cn2)CC1. The molecule has 2 heterocycles. The van der Waals surface area contributed by atoms with Crippen LogP contribution in [-0.2, 0) is 6.61 Å². The van der Waals surface area contributed by atoms with Crippen LogP contribution < -0.4 is 4.90 Å². The number of likely N-dealkylation sites (N-methyl/N-ethyl adjacent to an activating group) is 1. The van der Waals surface area contributed by atoms with E-state index < -0.39 is 0 Å². The van der Waals surface area contributed by atoms with Crippen molar-refractivity contribution in [2.45, 2.75) is 13.5 Å². The third kappa shape index (κ3) is 2.89. The standard InChI is InChI=1S/C12H18ClN3O/c1-2-15-3-5-16(6-4-15)12-7-10(9-17)11(13)8-14-12/h7-8,17H,2-6,9H2,1H3. The number of anilines is 1. The number of rotatable bonds is 3. The Labute approximate surface area is 107 Å². The second-order valence-electron chi connectivity index (χ2n) is 4.21. The Bertz CT molecular complexity index is 378. The predicted molar refractivity (Wildman–Crippen MR) is 69.5 cm³/mol. The van der Waals surface area contributed by atoms with Crippen molar-refractivity contribution in [2.75, 3.05) is 37.6 Å². The molecule has 1 aromatic heterocycles. The minimum absolute atomic E-state index is 0.0384. The molecule has 1 N–H and O–H groups in total. The number of pyridine rings is 1. The van der Waals surface area contributed by atoms with Gasteiger partial charge in [0, 0.05) is 37.9 Å². The summed E-state index contributed by atoms with van der Waals surface area (Å²) < 4.78 is 0. The Morgan fingerprint density at radius 1 is 1.35 bits per heavy atom. The molecule has 4 nitrogen and oxygen atoms in total. The molecule has 5 heteroatoms. The largest absolute Gasteiger partial charge is 0.392 e. The van der Waals surface area contributed by atoms with Crippen LogP contribution in [0, 0.1) is 0 Å². The first kappa shape index (κ1) is 12.6. The summed E-state index contributed by atoms with van der Waals surface area (Å²) in [6, 6.07) is 1.88. The molecule has 94 valence electrons. The van der Waals surface area contributed by atoms with Crippen molar-refractivity contribution in [1.82, 2.24) is 9.88 Å². The molecular weight excluding hydrogens is 238 g/mol. The van der Waals surface area contributed by atoms with E-state index in [0.29, 0.717) is 5.02 Å². The van der Waals surface area contributed by atoms with E-state index in [4.69, 9.17) is 11.6 Å². The fourth-order valence-electron chi connectivity index (χ4n) is 2.06. The van der Waals surface area contributed by atoms with Crippen LogP contribution in [0.2, 0.25) is 5.02 Å². The maximum absolute atomic E-state index is 9.18. The van der Waals surface area contributed by atoms with Gasteiger partial charge in [0.1, 0.15) is 5.82 Å². The molecule has 1 aliphatic rings. The third-order valence-electron chi connectivity index (χ3n) is 3.23. The van der Waals surface area contributed by atoms with Crippen LogP contribution in [0.15, 0.2) is 12.3 Å². The van der Waals surface area contributed by atoms with Gasteiger partial charge in [-0.3, -0.25) is 0 Å². The summed E-state index contributed by atoms with van der Waals surface area (Å²) in [5.41, 5.74) is 0.745. The summed E-state index contributed by atoms with van der Waals surface area (Å²) in [4.78, 5) is 8.98. The number of nitrogens with zero attached hydrogens (tertiary/aromatic N) is 3. The second-order valence-corrected chi connectivity index (χ2v) is 4.62. The summed E-state index contributed by atoms with van der Waals surface area (Å²) in [6.45, 7) is 7.33. The molecule has 0 atom stereocenters. The normalized spacial score (nSPS) is 17.5. The van der Waals surface area contributed by atoms with E-state index in [0.717, 1.165) is 44.1 Å². The average molecular weight is 256 g/mol. The van der Waals surface area contributed by atoms with Crippen molar-refractivity contribution in [1.29, 1.82) is 0 Å². The minimum Gasteiger partial charge on any atom is -0.392 e. The van der Waals surface area contributed by atoms with Gasteiger partial charge in [-0.05, 0) is 12.6 Å². The van der Waals surface area contributed by atoms with Crippen molar-refractivity contribution in [3.63, 3.8) is 0 Å². The molecule has 17 heavy (non-hydrogen) atoms. The van der Waals surface area contributed by atoms with E-state index in [1.54, 1.807) is 6.20 Å². The Hall–Kier alpha value is -0.840. The van der Waals surface area contributed by atoms with Crippen LogP contribution in [0.1, 0.15) is 12.5 Å². The van der Waals surface area contributed by atoms with E-state index in [1.807, 2.05) is 6.07 Å². The van der Waals surface area contributed by atoms with Gasteiger partial charge in [0.15, 0.2) is 0 Å². The molecule has 0 spiro atoms. The van der Waals surface area contributed by atoms with Crippen LogP contribution in [0.4, 0.5) is 5.82 Å². The van der Waals surface area contributed by atoms with Gasteiger partial charge >= 0.3 is 0 Å². The lowest BCUT2D eigenvalue weighted by molar-refractivity contribution is 0.270. The second kappa shape index (κ2) is 5.67. The van der Waals surface area contributed by atoms with Gasteiger partial charge in [-0.25, -0.2) is 4.98 Å². The van der Waals surface area contributed by atoms with Crippen molar-refractivity contribution in [2.24, 2.45) is 0 Å². The zero-order valence-electron chi connectivity index (χ0n) is 10.1. The Balaban J connectivity index is 2.08. The first-order valence-electron chi connectivity index (χ1n) is 5.97. The molecule has 0 radical (unpaired) electrons. The molecule has 0 saturated carbocycles. The minimum atomic E-state index is -0.0384. The quantitative estimate of drug-likeness (QED) is 0.886. The maximum atomic E-state index is 9.18. The van der Waals surface area contributed by atoms with Gasteiger partial charge in [0.2, 0.25) is 0 Å². The number of aromatic nitrogens is 1. The van der Waals surface area contributed by atoms with Crippen molar-refractivity contribution >= 4 is 17.4 Å². The molecule has 1 saturated heterocycles. The van der Waals surface area contributed by atoms with Gasteiger partial charge in [-0.2, -0.15) is 0 Å². The highest BCUT2D eigenvalue weighted by molar-refractivity contribution is 6.31. The molecule has 1 aliphatic heterocycles. The molecular formula is C12H18ClN3O. The van der Waals surface area contributed by atoms with E-state index in [9.17, 15) is 5.11 Å². The Morgan fingerprint density at radius 3 is 2.65 bits per heavy atom. The first-order chi connectivity index (χ1) is 8.24. The van der Waals surface area contributed by atoms with Gasteiger partial charge in [0.05, 0.1) is 11.6 Å². The average Bonchev–Trinajstić information content (AvgIpc) is 2.39. The summed E-state index contributed by atoms with van der Waals surface area (Å²) in [5.74, 6) is 0.911. The summed E-state index contributed by atoms with van der Waals surface area (Å²) in [5, 5.41) is 9.71. The van der Waals surface area contributed by atoms with E-state index in [-0.39, 0.29) is 6.61 Å². The predicted octanol–water partition coefficient (Wildman–Crippen LogP) is 1.37. The molecule has 1 aromatic rings. The van der Waals surface area contributed by atoms with Gasteiger partial charge < -0.3 is 14.9 Å². The van der Waals surface area contributed by atoms with Crippen molar-refractivity contribution < 1.29 is 5.11 Å². The van der Waals surface area contributed by atoms with E-state index in [1.165, 1.54) is 0 Å². The number of hydrogen-bond acceptors (Lipinski definition) is 4. The van der Waals surface area contributed by atoms with Crippen LogP contribution in [-0.4, -0.2) is 47.7 Å². The number of piperazine rings is 1. The zero-order chi connectivity index (χ0) is 12.3. The lowest BCUT2D eigenvalue weighted by Crippen LogP contribution is -2.46. The lowest BCUT2D eigenvalue weighted by Gasteiger charge is -2.34. The number of aliphatic hydroxyl groups excluding tert-OH is 1.